The molecule has 0 amide bonds. The number of H-pyrrole nitrogens is 1. The number of hydrogen-bond acceptors (Lipinski definition) is 1. The second kappa shape index (κ2) is 3.55. The predicted molar refractivity (Wildman–Crippen MR) is 44.6 cm³/mol. The van der Waals surface area contributed by atoms with Crippen molar-refractivity contribution in [3.8, 4) is 0 Å². The Kier molecular flexibility index (Phi) is 2.67. The minimum atomic E-state index is -0.0521. The third-order valence-electron chi connectivity index (χ3n) is 1.63. The quantitative estimate of drug-likeness (QED) is 0.648. The van der Waals surface area contributed by atoms with Crippen LogP contribution >= 0.6 is 0 Å². The van der Waals surface area contributed by atoms with Crippen molar-refractivity contribution in [1.29, 1.82) is 0 Å². The van der Waals surface area contributed by atoms with Crippen molar-refractivity contribution >= 4 is 10.9 Å². The molecule has 0 atom stereocenters. The van der Waals surface area contributed by atoms with E-state index in [-0.39, 0.29) is 22.1 Å². The first-order valence-electron chi connectivity index (χ1n) is 3.44. The first kappa shape index (κ1) is 9.02. The zero-order chi connectivity index (χ0) is 7.68. The summed E-state index contributed by atoms with van der Waals surface area (Å²) in [6, 6.07) is 11.0. The average Bonchev–Trinajstić information content (AvgIpc) is 2.04. The summed E-state index contributed by atoms with van der Waals surface area (Å²) in [5.74, 6) is 0. The zero-order valence-electron chi connectivity index (χ0n) is 6.19. The zero-order valence-corrected chi connectivity index (χ0v) is 7.18. The molecule has 0 aliphatic rings. The van der Waals surface area contributed by atoms with Gasteiger partial charge in [0.05, 0.1) is 0 Å². The van der Waals surface area contributed by atoms with E-state index in [1.165, 1.54) is 6.07 Å². The number of fused-ring (bicyclic) bond motifs is 1. The van der Waals surface area contributed by atoms with Crippen LogP contribution in [0.4, 0.5) is 0 Å². The Labute approximate surface area is 79.5 Å². The van der Waals surface area contributed by atoms with Gasteiger partial charge in [-0.15, -0.1) is 0 Å². The average molecular weight is 204 g/mol. The summed E-state index contributed by atoms with van der Waals surface area (Å²) in [6.45, 7) is 0. The number of hydrogen-bond donors (Lipinski definition) is 1. The fourth-order valence-electron chi connectivity index (χ4n) is 1.10. The van der Waals surface area contributed by atoms with Crippen LogP contribution in [-0.4, -0.2) is 4.98 Å². The molecule has 1 aromatic heterocycles. The summed E-state index contributed by atoms with van der Waals surface area (Å²) >= 11 is 0. The van der Waals surface area contributed by atoms with E-state index in [1.807, 2.05) is 30.3 Å². The number of pyridine rings is 1. The number of benzene rings is 1. The monoisotopic (exact) mass is 203 g/mol. The van der Waals surface area contributed by atoms with E-state index in [0.29, 0.717) is 0 Å². The Bertz CT molecular complexity index is 435. The van der Waals surface area contributed by atoms with E-state index in [2.05, 4.69) is 4.98 Å². The molecule has 3 heteroatoms. The molecule has 0 aliphatic carbocycles. The number of aromatic nitrogens is 1. The molecule has 0 aliphatic heterocycles. The third-order valence-corrected chi connectivity index (χ3v) is 1.63. The minimum absolute atomic E-state index is 0. The molecule has 1 N–H and O–H groups in total. The van der Waals surface area contributed by atoms with Crippen molar-refractivity contribution in [2.45, 2.75) is 0 Å². The summed E-state index contributed by atoms with van der Waals surface area (Å²) in [5.41, 5.74) is 0.837. The molecule has 0 fully saturated rings. The Morgan fingerprint density at radius 2 is 1.75 bits per heavy atom. The summed E-state index contributed by atoms with van der Waals surface area (Å²) in [4.78, 5) is 13.6. The number of aromatic amines is 1. The van der Waals surface area contributed by atoms with Gasteiger partial charge in [0, 0.05) is 28.1 Å². The van der Waals surface area contributed by atoms with Gasteiger partial charge < -0.3 is 4.98 Å². The SMILES string of the molecule is O=c1ccc2ccccc2[nH]1.[Ni]. The molecule has 2 rings (SSSR count). The van der Waals surface area contributed by atoms with Crippen LogP contribution in [-0.2, 0) is 16.5 Å². The fraction of sp³-hybridized carbons (Fsp3) is 0. The van der Waals surface area contributed by atoms with E-state index in [9.17, 15) is 4.79 Å². The second-order valence-electron chi connectivity index (χ2n) is 2.41. The Morgan fingerprint density at radius 1 is 1.00 bits per heavy atom. The fourth-order valence-corrected chi connectivity index (χ4v) is 1.10. The van der Waals surface area contributed by atoms with Gasteiger partial charge in [0.25, 0.3) is 0 Å². The predicted octanol–water partition coefficient (Wildman–Crippen LogP) is 1.53. The standard InChI is InChI=1S/C9H7NO.Ni/c11-9-6-5-7-3-1-2-4-8(7)10-9;/h1-6H,(H,10,11);. The summed E-state index contributed by atoms with van der Waals surface area (Å²) in [5, 5.41) is 1.06. The van der Waals surface area contributed by atoms with E-state index in [1.54, 1.807) is 0 Å². The van der Waals surface area contributed by atoms with Crippen LogP contribution in [0.3, 0.4) is 0 Å². The number of rotatable bonds is 0. The van der Waals surface area contributed by atoms with Gasteiger partial charge in [-0.3, -0.25) is 4.79 Å². The summed E-state index contributed by atoms with van der Waals surface area (Å²) in [7, 11) is 0. The Hall–Kier alpha value is -1.08. The minimum Gasteiger partial charge on any atom is -0.322 e. The first-order chi connectivity index (χ1) is 5.36. The molecule has 2 nitrogen and oxygen atoms in total. The number of para-hydroxylation sites is 1. The normalized spacial score (nSPS) is 9.33. The van der Waals surface area contributed by atoms with E-state index < -0.39 is 0 Å². The van der Waals surface area contributed by atoms with Gasteiger partial charge in [-0.2, -0.15) is 0 Å². The molecule has 1 heterocycles. The van der Waals surface area contributed by atoms with Gasteiger partial charge in [-0.1, -0.05) is 18.2 Å². The second-order valence-corrected chi connectivity index (χ2v) is 2.41. The van der Waals surface area contributed by atoms with Crippen molar-refractivity contribution in [2.24, 2.45) is 0 Å². The molecule has 0 saturated heterocycles. The molecular weight excluding hydrogens is 197 g/mol. The van der Waals surface area contributed by atoms with Crippen molar-refractivity contribution in [3.63, 3.8) is 0 Å². The Balaban J connectivity index is 0.000000720. The molecule has 0 unspecified atom stereocenters. The van der Waals surface area contributed by atoms with Crippen LogP contribution in [0.1, 0.15) is 0 Å². The van der Waals surface area contributed by atoms with Crippen molar-refractivity contribution in [3.05, 3.63) is 46.8 Å². The van der Waals surface area contributed by atoms with Crippen molar-refractivity contribution < 1.29 is 16.5 Å². The van der Waals surface area contributed by atoms with E-state index in [4.69, 9.17) is 0 Å². The molecular formula is C9H7NNiO. The molecule has 0 spiro atoms. The maximum Gasteiger partial charge on any atom is 0.248 e. The largest absolute Gasteiger partial charge is 0.322 e. The van der Waals surface area contributed by atoms with Gasteiger partial charge in [-0.05, 0) is 17.5 Å². The Morgan fingerprint density at radius 3 is 2.58 bits per heavy atom. The number of nitrogens with one attached hydrogen (secondary N) is 1. The molecule has 1 aromatic carbocycles. The van der Waals surface area contributed by atoms with Crippen LogP contribution in [0.5, 0.6) is 0 Å². The van der Waals surface area contributed by atoms with Crippen LogP contribution in [0.15, 0.2) is 41.2 Å². The van der Waals surface area contributed by atoms with Gasteiger partial charge >= 0.3 is 0 Å². The summed E-state index contributed by atoms with van der Waals surface area (Å²) in [6.07, 6.45) is 0. The molecule has 0 radical (unpaired) electrons. The van der Waals surface area contributed by atoms with Gasteiger partial charge in [-0.25, -0.2) is 0 Å². The maximum atomic E-state index is 10.8. The topological polar surface area (TPSA) is 32.9 Å². The third kappa shape index (κ3) is 1.56. The smallest absolute Gasteiger partial charge is 0.248 e. The van der Waals surface area contributed by atoms with Gasteiger partial charge in [0.2, 0.25) is 5.56 Å². The van der Waals surface area contributed by atoms with Crippen LogP contribution in [0, 0.1) is 0 Å². The van der Waals surface area contributed by atoms with E-state index in [0.717, 1.165) is 10.9 Å². The van der Waals surface area contributed by atoms with Crippen LogP contribution < -0.4 is 5.56 Å². The molecule has 0 bridgehead atoms. The van der Waals surface area contributed by atoms with Crippen LogP contribution in [0.25, 0.3) is 10.9 Å². The first-order valence-corrected chi connectivity index (χ1v) is 3.44. The molecule has 12 heavy (non-hydrogen) atoms. The molecule has 2 aromatic rings. The summed E-state index contributed by atoms with van der Waals surface area (Å²) < 4.78 is 0. The van der Waals surface area contributed by atoms with Gasteiger partial charge in [0.15, 0.2) is 0 Å². The van der Waals surface area contributed by atoms with E-state index >= 15 is 0 Å². The molecule has 0 saturated carbocycles. The van der Waals surface area contributed by atoms with Gasteiger partial charge in [0.1, 0.15) is 0 Å². The van der Waals surface area contributed by atoms with Crippen molar-refractivity contribution in [2.75, 3.05) is 0 Å². The van der Waals surface area contributed by atoms with Crippen LogP contribution in [0.2, 0.25) is 0 Å². The van der Waals surface area contributed by atoms with Crippen molar-refractivity contribution in [1.82, 2.24) is 4.98 Å². The molecule has 64 valence electrons. The maximum absolute atomic E-state index is 10.8.